The van der Waals surface area contributed by atoms with E-state index in [1.54, 1.807) is 18.2 Å². The maximum absolute atomic E-state index is 13.1. The van der Waals surface area contributed by atoms with Gasteiger partial charge in [0.2, 0.25) is 5.91 Å². The second-order valence-electron chi connectivity index (χ2n) is 8.02. The highest BCUT2D eigenvalue weighted by Crippen LogP contribution is 2.31. The molecule has 2 N–H and O–H groups in total. The number of esters is 1. The minimum Gasteiger partial charge on any atom is -0.464 e. The lowest BCUT2D eigenvalue weighted by Crippen LogP contribution is -2.52. The number of ether oxygens (including phenoxy) is 1. The fourth-order valence-corrected chi connectivity index (χ4v) is 4.27. The van der Waals surface area contributed by atoms with E-state index in [1.807, 2.05) is 13.0 Å². The third-order valence-corrected chi connectivity index (χ3v) is 6.22. The zero-order valence-corrected chi connectivity index (χ0v) is 19.0. The van der Waals surface area contributed by atoms with Crippen LogP contribution in [0.1, 0.15) is 23.0 Å². The minimum atomic E-state index is -0.546. The van der Waals surface area contributed by atoms with Crippen molar-refractivity contribution in [2.24, 2.45) is 0 Å². The molecular formula is C24H27ClN4O3. The molecule has 8 heteroatoms. The quantitative estimate of drug-likeness (QED) is 0.554. The van der Waals surface area contributed by atoms with E-state index in [1.165, 1.54) is 12.7 Å². The number of benzene rings is 2. The van der Waals surface area contributed by atoms with Gasteiger partial charge >= 0.3 is 5.97 Å². The van der Waals surface area contributed by atoms with Crippen LogP contribution in [0.25, 0.3) is 10.9 Å². The number of nitrogens with one attached hydrogen (secondary N) is 2. The zero-order chi connectivity index (χ0) is 22.7. The maximum Gasteiger partial charge on any atom is 0.356 e. The molecule has 168 valence electrons. The monoisotopic (exact) mass is 454 g/mol. The van der Waals surface area contributed by atoms with Crippen molar-refractivity contribution in [1.29, 1.82) is 0 Å². The van der Waals surface area contributed by atoms with Gasteiger partial charge in [-0.05, 0) is 30.7 Å². The molecule has 0 spiro atoms. The Kier molecular flexibility index (Phi) is 6.79. The molecule has 7 nitrogen and oxygen atoms in total. The molecule has 1 aliphatic rings. The number of fused-ring (bicyclic) bond motifs is 1. The molecule has 4 rings (SSSR count). The Balaban J connectivity index is 1.43. The predicted molar refractivity (Wildman–Crippen MR) is 126 cm³/mol. The summed E-state index contributed by atoms with van der Waals surface area (Å²) < 4.78 is 4.89. The highest BCUT2D eigenvalue weighted by atomic mass is 35.5. The first-order chi connectivity index (χ1) is 15.5. The number of hydrogen-bond acceptors (Lipinski definition) is 5. The summed E-state index contributed by atoms with van der Waals surface area (Å²) in [6.45, 7) is 6.18. The minimum absolute atomic E-state index is 0.174. The SMILES string of the molecule is COC(=O)c1[nH]c2ccc(Cl)cc2c1NC(=O)[C@H](C)N1CCN(Cc2ccccc2)CC1. The molecule has 0 saturated carbocycles. The number of halogens is 1. The number of H-pyrrole nitrogens is 1. The third kappa shape index (κ3) is 4.80. The lowest BCUT2D eigenvalue weighted by molar-refractivity contribution is -0.121. The van der Waals surface area contributed by atoms with Gasteiger partial charge in [0.15, 0.2) is 0 Å². The first-order valence-corrected chi connectivity index (χ1v) is 11.0. The summed E-state index contributed by atoms with van der Waals surface area (Å²) in [6.07, 6.45) is 0. The summed E-state index contributed by atoms with van der Waals surface area (Å²) >= 11 is 6.15. The van der Waals surface area contributed by atoms with Crippen LogP contribution in [-0.4, -0.2) is 66.0 Å². The number of anilines is 1. The molecule has 0 aliphatic carbocycles. The van der Waals surface area contributed by atoms with Crippen LogP contribution in [0.2, 0.25) is 5.02 Å². The molecule has 1 amide bonds. The topological polar surface area (TPSA) is 77.7 Å². The summed E-state index contributed by atoms with van der Waals surface area (Å²) in [6, 6.07) is 15.3. The molecule has 1 atom stereocenters. The lowest BCUT2D eigenvalue weighted by Gasteiger charge is -2.37. The molecule has 32 heavy (non-hydrogen) atoms. The molecule has 1 aromatic heterocycles. The van der Waals surface area contributed by atoms with Crippen LogP contribution in [0.4, 0.5) is 5.69 Å². The average Bonchev–Trinajstić information content (AvgIpc) is 3.16. The van der Waals surface area contributed by atoms with Crippen molar-refractivity contribution < 1.29 is 14.3 Å². The molecule has 2 aromatic carbocycles. The number of piperazine rings is 1. The van der Waals surface area contributed by atoms with E-state index in [4.69, 9.17) is 16.3 Å². The highest BCUT2D eigenvalue weighted by Gasteiger charge is 2.28. The second-order valence-corrected chi connectivity index (χ2v) is 8.46. The van der Waals surface area contributed by atoms with Crippen molar-refractivity contribution in [3.63, 3.8) is 0 Å². The van der Waals surface area contributed by atoms with E-state index in [9.17, 15) is 9.59 Å². The number of carbonyl (C=O) groups is 2. The first-order valence-electron chi connectivity index (χ1n) is 10.7. The molecule has 1 aliphatic heterocycles. The maximum atomic E-state index is 13.1. The number of carbonyl (C=O) groups excluding carboxylic acids is 2. The lowest BCUT2D eigenvalue weighted by atomic mass is 10.1. The van der Waals surface area contributed by atoms with Crippen LogP contribution in [0.3, 0.4) is 0 Å². The van der Waals surface area contributed by atoms with Gasteiger partial charge in [-0.25, -0.2) is 4.79 Å². The fourth-order valence-electron chi connectivity index (χ4n) is 4.09. The molecule has 1 saturated heterocycles. The normalized spacial score (nSPS) is 16.1. The van der Waals surface area contributed by atoms with Gasteiger partial charge in [0, 0.05) is 48.6 Å². The predicted octanol–water partition coefficient (Wildman–Crippen LogP) is 3.75. The molecule has 1 fully saturated rings. The van der Waals surface area contributed by atoms with Gasteiger partial charge in [0.1, 0.15) is 5.69 Å². The van der Waals surface area contributed by atoms with E-state index >= 15 is 0 Å². The Morgan fingerprint density at radius 3 is 2.53 bits per heavy atom. The summed E-state index contributed by atoms with van der Waals surface area (Å²) in [5.41, 5.74) is 2.60. The Bertz CT molecular complexity index is 1110. The molecule has 0 unspecified atom stereocenters. The number of amides is 1. The number of nitrogens with zero attached hydrogens (tertiary/aromatic N) is 2. The average molecular weight is 455 g/mol. The Morgan fingerprint density at radius 2 is 1.84 bits per heavy atom. The Morgan fingerprint density at radius 1 is 1.12 bits per heavy atom. The van der Waals surface area contributed by atoms with Crippen molar-refractivity contribution >= 4 is 40.1 Å². The number of aromatic nitrogens is 1. The van der Waals surface area contributed by atoms with Gasteiger partial charge in [-0.15, -0.1) is 0 Å². The van der Waals surface area contributed by atoms with Crippen LogP contribution in [0.15, 0.2) is 48.5 Å². The molecule has 2 heterocycles. The van der Waals surface area contributed by atoms with Gasteiger partial charge < -0.3 is 15.0 Å². The summed E-state index contributed by atoms with van der Waals surface area (Å²) in [5.74, 6) is -0.720. The molecule has 3 aromatic rings. The van der Waals surface area contributed by atoms with E-state index in [0.29, 0.717) is 21.6 Å². The van der Waals surface area contributed by atoms with Crippen molar-refractivity contribution in [3.8, 4) is 0 Å². The van der Waals surface area contributed by atoms with Gasteiger partial charge in [0.25, 0.3) is 0 Å². The first kappa shape index (κ1) is 22.3. The van der Waals surface area contributed by atoms with Crippen LogP contribution in [0.5, 0.6) is 0 Å². The van der Waals surface area contributed by atoms with Crippen molar-refractivity contribution in [1.82, 2.24) is 14.8 Å². The second kappa shape index (κ2) is 9.73. The molecule has 0 radical (unpaired) electrons. The molecular weight excluding hydrogens is 428 g/mol. The van der Waals surface area contributed by atoms with E-state index in [2.05, 4.69) is 44.4 Å². The van der Waals surface area contributed by atoms with Crippen molar-refractivity contribution in [2.75, 3.05) is 38.6 Å². The van der Waals surface area contributed by atoms with Crippen LogP contribution >= 0.6 is 11.6 Å². The van der Waals surface area contributed by atoms with Gasteiger partial charge in [-0.3, -0.25) is 14.6 Å². The van der Waals surface area contributed by atoms with Crippen molar-refractivity contribution in [2.45, 2.75) is 19.5 Å². The van der Waals surface area contributed by atoms with Crippen LogP contribution in [0, 0.1) is 0 Å². The Hall–Kier alpha value is -2.87. The Labute approximate surface area is 192 Å². The van der Waals surface area contributed by atoms with Gasteiger partial charge in [0.05, 0.1) is 18.8 Å². The van der Waals surface area contributed by atoms with Crippen LogP contribution in [-0.2, 0) is 16.1 Å². The number of rotatable bonds is 6. The standard InChI is InChI=1S/C24H27ClN4O3/c1-16(29-12-10-28(11-13-29)15-17-6-4-3-5-7-17)23(30)27-21-19-14-18(25)8-9-20(19)26-22(21)24(31)32-2/h3-9,14,16,26H,10-13,15H2,1-2H3,(H,27,30)/t16-/m0/s1. The van der Waals surface area contributed by atoms with Crippen LogP contribution < -0.4 is 5.32 Å². The third-order valence-electron chi connectivity index (χ3n) is 5.98. The zero-order valence-electron chi connectivity index (χ0n) is 18.2. The van der Waals surface area contributed by atoms with Crippen molar-refractivity contribution in [3.05, 3.63) is 64.8 Å². The number of methoxy groups -OCH3 is 1. The van der Waals surface area contributed by atoms with Gasteiger partial charge in [-0.2, -0.15) is 0 Å². The van der Waals surface area contributed by atoms with E-state index < -0.39 is 5.97 Å². The smallest absolute Gasteiger partial charge is 0.356 e. The van der Waals surface area contributed by atoms with E-state index in [-0.39, 0.29) is 17.6 Å². The molecule has 0 bridgehead atoms. The van der Waals surface area contributed by atoms with Gasteiger partial charge in [-0.1, -0.05) is 41.9 Å². The summed E-state index contributed by atoms with van der Waals surface area (Å²) in [4.78, 5) is 33.0. The summed E-state index contributed by atoms with van der Waals surface area (Å²) in [5, 5.41) is 4.13. The van der Waals surface area contributed by atoms with E-state index in [0.717, 1.165) is 32.7 Å². The summed E-state index contributed by atoms with van der Waals surface area (Å²) in [7, 11) is 1.31. The largest absolute Gasteiger partial charge is 0.464 e. The highest BCUT2D eigenvalue weighted by molar-refractivity contribution is 6.31. The number of hydrogen-bond donors (Lipinski definition) is 2. The fraction of sp³-hybridized carbons (Fsp3) is 0.333. The number of aromatic amines is 1.